The summed E-state index contributed by atoms with van der Waals surface area (Å²) in [5, 5.41) is 29.0. The van der Waals surface area contributed by atoms with Crippen LogP contribution < -0.4 is 4.74 Å². The maximum Gasteiger partial charge on any atom is 0.119 e. The van der Waals surface area contributed by atoms with Crippen molar-refractivity contribution in [3.63, 3.8) is 0 Å². The monoisotopic (exact) mass is 397 g/mol. The number of ether oxygens (including phenoxy) is 3. The maximum atomic E-state index is 10.1. The van der Waals surface area contributed by atoms with Gasteiger partial charge in [-0.1, -0.05) is 24.3 Å². The molecule has 29 heavy (non-hydrogen) atoms. The molecule has 1 aliphatic heterocycles. The highest BCUT2D eigenvalue weighted by Gasteiger charge is 2.29. The van der Waals surface area contributed by atoms with E-state index in [1.54, 1.807) is 13.2 Å². The first-order valence-electron chi connectivity index (χ1n) is 9.81. The van der Waals surface area contributed by atoms with Crippen LogP contribution in [-0.4, -0.2) is 49.4 Å². The minimum Gasteiger partial charge on any atom is -0.491 e. The summed E-state index contributed by atoms with van der Waals surface area (Å²) in [6, 6.07) is 15.7. The second-order valence-electron chi connectivity index (χ2n) is 7.24. The third-order valence-electron chi connectivity index (χ3n) is 5.08. The quantitative estimate of drug-likeness (QED) is 0.666. The number of aliphatic hydroxyl groups excluding tert-OH is 2. The number of nitriles is 1. The van der Waals surface area contributed by atoms with Crippen molar-refractivity contribution < 1.29 is 24.4 Å². The summed E-state index contributed by atoms with van der Waals surface area (Å²) >= 11 is 0. The highest BCUT2D eigenvalue weighted by atomic mass is 16.5. The highest BCUT2D eigenvalue weighted by Crippen LogP contribution is 2.33. The van der Waals surface area contributed by atoms with Crippen LogP contribution in [0.1, 0.15) is 41.2 Å². The summed E-state index contributed by atoms with van der Waals surface area (Å²) in [6.07, 6.45) is 0.362. The maximum absolute atomic E-state index is 10.1. The molecule has 1 fully saturated rings. The molecule has 6 nitrogen and oxygen atoms in total. The third-order valence-corrected chi connectivity index (χ3v) is 5.08. The Morgan fingerprint density at radius 3 is 2.62 bits per heavy atom. The molecule has 6 heteroatoms. The number of aliphatic hydroxyl groups is 2. The van der Waals surface area contributed by atoms with Crippen molar-refractivity contribution in [3.8, 4) is 11.8 Å². The molecular weight excluding hydrogens is 370 g/mol. The molecule has 1 heterocycles. The Balaban J connectivity index is 1.75. The molecular formula is C23H27NO5. The van der Waals surface area contributed by atoms with E-state index >= 15 is 0 Å². The molecule has 0 aromatic heterocycles. The van der Waals surface area contributed by atoms with Crippen molar-refractivity contribution in [3.05, 3.63) is 64.7 Å². The Bertz CT molecular complexity index is 830. The van der Waals surface area contributed by atoms with Crippen LogP contribution in [0, 0.1) is 11.3 Å². The molecule has 154 valence electrons. The first-order chi connectivity index (χ1) is 14.1. The number of hydrogen-bond acceptors (Lipinski definition) is 6. The molecule has 0 spiro atoms. The van der Waals surface area contributed by atoms with Crippen LogP contribution in [0.25, 0.3) is 0 Å². The van der Waals surface area contributed by atoms with Crippen LogP contribution in [0.2, 0.25) is 0 Å². The van der Waals surface area contributed by atoms with Gasteiger partial charge in [0.25, 0.3) is 0 Å². The molecule has 3 rings (SSSR count). The minimum absolute atomic E-state index is 0.116. The van der Waals surface area contributed by atoms with E-state index in [-0.39, 0.29) is 18.8 Å². The molecule has 3 unspecified atom stereocenters. The van der Waals surface area contributed by atoms with E-state index in [9.17, 15) is 15.5 Å². The second-order valence-corrected chi connectivity index (χ2v) is 7.24. The third kappa shape index (κ3) is 5.78. The topological polar surface area (TPSA) is 91.9 Å². The van der Waals surface area contributed by atoms with E-state index in [0.29, 0.717) is 38.0 Å². The fourth-order valence-corrected chi connectivity index (χ4v) is 3.56. The Labute approximate surface area is 171 Å². The van der Waals surface area contributed by atoms with Gasteiger partial charge in [0.2, 0.25) is 0 Å². The lowest BCUT2D eigenvalue weighted by Crippen LogP contribution is -2.33. The first-order valence-corrected chi connectivity index (χ1v) is 9.81. The predicted molar refractivity (Wildman–Crippen MR) is 108 cm³/mol. The van der Waals surface area contributed by atoms with Gasteiger partial charge in [-0.05, 0) is 41.3 Å². The summed E-state index contributed by atoms with van der Waals surface area (Å²) in [6.45, 7) is 0.920. The predicted octanol–water partition coefficient (Wildman–Crippen LogP) is 2.75. The molecule has 2 aromatic rings. The van der Waals surface area contributed by atoms with Crippen LogP contribution in [-0.2, 0) is 15.9 Å². The minimum atomic E-state index is -0.504. The Hall–Kier alpha value is -2.43. The fourth-order valence-electron chi connectivity index (χ4n) is 3.56. The number of rotatable bonds is 8. The standard InChI is InChI=1S/C23H27NO5/c1-27-8-9-28-21-6-2-16(3-7-21)10-19-11-17(4-5-18(19)14-24)23-13-20(26)12-22(15-25)29-23/h2-7,11,20,22-23,25-26H,8-10,12-13,15H2,1H3. The van der Waals surface area contributed by atoms with Crippen molar-refractivity contribution in [2.75, 3.05) is 26.9 Å². The number of hydrogen-bond donors (Lipinski definition) is 2. The molecule has 0 radical (unpaired) electrons. The molecule has 3 atom stereocenters. The van der Waals surface area contributed by atoms with Gasteiger partial charge in [-0.25, -0.2) is 0 Å². The van der Waals surface area contributed by atoms with Gasteiger partial charge in [-0.15, -0.1) is 0 Å². The molecule has 1 saturated heterocycles. The fraction of sp³-hybridized carbons (Fsp3) is 0.435. The molecule has 0 bridgehead atoms. The van der Waals surface area contributed by atoms with E-state index in [4.69, 9.17) is 14.2 Å². The first kappa shape index (κ1) is 21.3. The van der Waals surface area contributed by atoms with E-state index in [1.165, 1.54) is 0 Å². The Morgan fingerprint density at radius 1 is 1.14 bits per heavy atom. The summed E-state index contributed by atoms with van der Waals surface area (Å²) in [4.78, 5) is 0. The molecule has 0 saturated carbocycles. The van der Waals surface area contributed by atoms with Crippen molar-refractivity contribution in [1.29, 1.82) is 5.26 Å². The lowest BCUT2D eigenvalue weighted by Gasteiger charge is -2.32. The van der Waals surface area contributed by atoms with Gasteiger partial charge in [0.15, 0.2) is 0 Å². The zero-order valence-corrected chi connectivity index (χ0v) is 16.6. The van der Waals surface area contributed by atoms with Gasteiger partial charge >= 0.3 is 0 Å². The zero-order valence-electron chi connectivity index (χ0n) is 16.6. The zero-order chi connectivity index (χ0) is 20.6. The molecule has 1 aliphatic rings. The van der Waals surface area contributed by atoms with E-state index < -0.39 is 6.10 Å². The molecule has 0 amide bonds. The SMILES string of the molecule is COCCOc1ccc(Cc2cc(C3CC(O)CC(CO)O3)ccc2C#N)cc1. The number of benzene rings is 2. The van der Waals surface area contributed by atoms with Gasteiger partial charge in [-0.3, -0.25) is 0 Å². The van der Waals surface area contributed by atoms with E-state index in [1.807, 2.05) is 36.4 Å². The number of nitrogens with zero attached hydrogens (tertiary/aromatic N) is 1. The van der Waals surface area contributed by atoms with Crippen LogP contribution in [0.4, 0.5) is 0 Å². The van der Waals surface area contributed by atoms with Crippen molar-refractivity contribution in [1.82, 2.24) is 0 Å². The van der Waals surface area contributed by atoms with Crippen LogP contribution >= 0.6 is 0 Å². The largest absolute Gasteiger partial charge is 0.491 e. The van der Waals surface area contributed by atoms with Gasteiger partial charge < -0.3 is 24.4 Å². The van der Waals surface area contributed by atoms with Crippen LogP contribution in [0.15, 0.2) is 42.5 Å². The summed E-state index contributed by atoms with van der Waals surface area (Å²) in [5.74, 6) is 0.777. The van der Waals surface area contributed by atoms with E-state index in [0.717, 1.165) is 22.4 Å². The molecule has 2 N–H and O–H groups in total. The second kappa shape index (κ2) is 10.4. The van der Waals surface area contributed by atoms with Crippen molar-refractivity contribution >= 4 is 0 Å². The highest BCUT2D eigenvalue weighted by molar-refractivity contribution is 5.44. The van der Waals surface area contributed by atoms with Gasteiger partial charge in [0, 0.05) is 20.0 Å². The summed E-state index contributed by atoms with van der Waals surface area (Å²) < 4.78 is 16.5. The molecule has 2 aromatic carbocycles. The van der Waals surface area contributed by atoms with Crippen molar-refractivity contribution in [2.45, 2.75) is 37.6 Å². The summed E-state index contributed by atoms with van der Waals surface area (Å²) in [5.41, 5.74) is 3.50. The van der Waals surface area contributed by atoms with Gasteiger partial charge in [0.1, 0.15) is 12.4 Å². The Morgan fingerprint density at radius 2 is 1.93 bits per heavy atom. The van der Waals surface area contributed by atoms with Crippen molar-refractivity contribution in [2.24, 2.45) is 0 Å². The number of methoxy groups -OCH3 is 1. The average Bonchev–Trinajstić information content (AvgIpc) is 2.74. The van der Waals surface area contributed by atoms with Gasteiger partial charge in [0.05, 0.1) is 43.2 Å². The average molecular weight is 397 g/mol. The van der Waals surface area contributed by atoms with Crippen LogP contribution in [0.5, 0.6) is 5.75 Å². The Kier molecular flexibility index (Phi) is 7.62. The lowest BCUT2D eigenvalue weighted by molar-refractivity contribution is -0.113. The smallest absolute Gasteiger partial charge is 0.119 e. The molecule has 0 aliphatic carbocycles. The summed E-state index contributed by atoms with van der Waals surface area (Å²) in [7, 11) is 1.64. The van der Waals surface area contributed by atoms with Crippen LogP contribution in [0.3, 0.4) is 0 Å². The van der Waals surface area contributed by atoms with Gasteiger partial charge in [-0.2, -0.15) is 5.26 Å². The normalized spacial score (nSPS) is 21.5. The van der Waals surface area contributed by atoms with E-state index in [2.05, 4.69) is 6.07 Å². The lowest BCUT2D eigenvalue weighted by atomic mass is 9.92.